The van der Waals surface area contributed by atoms with Crippen LogP contribution >= 0.6 is 0 Å². The Hall–Kier alpha value is -2.34. The van der Waals surface area contributed by atoms with Crippen LogP contribution in [0.5, 0.6) is 0 Å². The van der Waals surface area contributed by atoms with E-state index in [0.29, 0.717) is 30.1 Å². The first-order valence-electron chi connectivity index (χ1n) is 9.42. The molecule has 2 aromatic carbocycles. The molecule has 0 aromatic heterocycles. The molecule has 0 spiro atoms. The van der Waals surface area contributed by atoms with Crippen LogP contribution in [0.2, 0.25) is 0 Å². The van der Waals surface area contributed by atoms with Gasteiger partial charge in [-0.1, -0.05) is 35.9 Å². The maximum Gasteiger partial charge on any atom is 0.251 e. The van der Waals surface area contributed by atoms with Crippen molar-refractivity contribution in [3.8, 4) is 0 Å². The van der Waals surface area contributed by atoms with Crippen molar-refractivity contribution in [2.24, 2.45) is 5.92 Å². The molecule has 2 fully saturated rings. The summed E-state index contributed by atoms with van der Waals surface area (Å²) in [6, 6.07) is 15.2. The summed E-state index contributed by atoms with van der Waals surface area (Å²) in [5.74, 6) is 0.477. The monoisotopic (exact) mass is 384 g/mol. The van der Waals surface area contributed by atoms with E-state index in [1.807, 2.05) is 6.92 Å². The van der Waals surface area contributed by atoms with Gasteiger partial charge in [-0.2, -0.15) is 0 Å². The van der Waals surface area contributed by atoms with Gasteiger partial charge < -0.3 is 5.32 Å². The lowest BCUT2D eigenvalue weighted by atomic mass is 10.0. The zero-order valence-electron chi connectivity index (χ0n) is 15.4. The number of carbonyl (C=O) groups excluding carboxylic acids is 1. The number of aryl methyl sites for hydroxylation is 1. The fourth-order valence-electron chi connectivity index (χ4n) is 3.63. The van der Waals surface area contributed by atoms with Crippen LogP contribution in [0.15, 0.2) is 48.5 Å². The molecule has 0 radical (unpaired) electrons. The van der Waals surface area contributed by atoms with Crippen molar-refractivity contribution >= 4 is 21.6 Å². The number of nitrogens with one attached hydrogen (secondary N) is 1. The first-order chi connectivity index (χ1) is 12.9. The van der Waals surface area contributed by atoms with Gasteiger partial charge in [-0.3, -0.25) is 9.10 Å². The van der Waals surface area contributed by atoms with E-state index in [4.69, 9.17) is 0 Å². The Kier molecular flexibility index (Phi) is 4.68. The SMILES string of the molecule is Cc1ccc([C@H](NC(=O)c2cccc(N3CCCS3(=O)=O)c2)C2CC2)cc1. The molecule has 142 valence electrons. The second-order valence-electron chi connectivity index (χ2n) is 7.49. The molecule has 0 bridgehead atoms. The lowest BCUT2D eigenvalue weighted by Crippen LogP contribution is -2.30. The molecule has 6 heteroatoms. The number of rotatable bonds is 5. The number of amides is 1. The van der Waals surface area contributed by atoms with Crippen molar-refractivity contribution < 1.29 is 13.2 Å². The molecule has 1 saturated carbocycles. The molecular weight excluding hydrogens is 360 g/mol. The van der Waals surface area contributed by atoms with Gasteiger partial charge in [-0.25, -0.2) is 8.42 Å². The minimum atomic E-state index is -3.25. The average molecular weight is 385 g/mol. The number of hydrogen-bond donors (Lipinski definition) is 1. The predicted octanol–water partition coefficient (Wildman–Crippen LogP) is 3.42. The van der Waals surface area contributed by atoms with Gasteiger partial charge in [0.1, 0.15) is 0 Å². The average Bonchev–Trinajstić information content (AvgIpc) is 3.43. The number of carbonyl (C=O) groups is 1. The van der Waals surface area contributed by atoms with Crippen molar-refractivity contribution in [2.45, 2.75) is 32.2 Å². The smallest absolute Gasteiger partial charge is 0.251 e. The molecule has 5 nitrogen and oxygen atoms in total. The van der Waals surface area contributed by atoms with E-state index in [1.165, 1.54) is 9.87 Å². The second kappa shape index (κ2) is 7.00. The molecule has 4 rings (SSSR count). The minimum Gasteiger partial charge on any atom is -0.345 e. The molecule has 2 aliphatic rings. The van der Waals surface area contributed by atoms with Crippen LogP contribution in [0.3, 0.4) is 0 Å². The summed E-state index contributed by atoms with van der Waals surface area (Å²) < 4.78 is 25.7. The van der Waals surface area contributed by atoms with Crippen molar-refractivity contribution in [3.05, 3.63) is 65.2 Å². The Labute approximate surface area is 160 Å². The Morgan fingerprint density at radius 3 is 2.52 bits per heavy atom. The van der Waals surface area contributed by atoms with Crippen molar-refractivity contribution in [1.82, 2.24) is 5.32 Å². The molecule has 0 unspecified atom stereocenters. The lowest BCUT2D eigenvalue weighted by molar-refractivity contribution is 0.0931. The molecule has 1 aliphatic carbocycles. The van der Waals surface area contributed by atoms with E-state index in [9.17, 15) is 13.2 Å². The zero-order valence-corrected chi connectivity index (χ0v) is 16.2. The molecule has 2 aromatic rings. The number of sulfonamides is 1. The molecule has 1 saturated heterocycles. The van der Waals surface area contributed by atoms with E-state index in [2.05, 4.69) is 29.6 Å². The van der Waals surface area contributed by atoms with E-state index in [0.717, 1.165) is 18.4 Å². The molecule has 1 N–H and O–H groups in total. The highest BCUT2D eigenvalue weighted by Gasteiger charge is 2.34. The van der Waals surface area contributed by atoms with Crippen LogP contribution in [-0.4, -0.2) is 26.6 Å². The topological polar surface area (TPSA) is 66.5 Å². The Morgan fingerprint density at radius 1 is 1.15 bits per heavy atom. The number of nitrogens with zero attached hydrogens (tertiary/aromatic N) is 1. The zero-order chi connectivity index (χ0) is 19.0. The molecule has 1 aliphatic heterocycles. The van der Waals surface area contributed by atoms with Gasteiger partial charge in [0, 0.05) is 12.1 Å². The van der Waals surface area contributed by atoms with E-state index >= 15 is 0 Å². The van der Waals surface area contributed by atoms with Crippen LogP contribution < -0.4 is 9.62 Å². The van der Waals surface area contributed by atoms with E-state index < -0.39 is 10.0 Å². The third-order valence-electron chi connectivity index (χ3n) is 5.31. The first-order valence-corrected chi connectivity index (χ1v) is 11.0. The summed E-state index contributed by atoms with van der Waals surface area (Å²) in [6.45, 7) is 2.52. The fraction of sp³-hybridized carbons (Fsp3) is 0.381. The highest BCUT2D eigenvalue weighted by molar-refractivity contribution is 7.93. The number of hydrogen-bond acceptors (Lipinski definition) is 3. The summed E-state index contributed by atoms with van der Waals surface area (Å²) in [5.41, 5.74) is 3.37. The molecule has 1 atom stereocenters. The van der Waals surface area contributed by atoms with E-state index in [-0.39, 0.29) is 17.7 Å². The van der Waals surface area contributed by atoms with E-state index in [1.54, 1.807) is 24.3 Å². The summed E-state index contributed by atoms with van der Waals surface area (Å²) in [6.07, 6.45) is 2.85. The van der Waals surface area contributed by atoms with Gasteiger partial charge in [0.25, 0.3) is 5.91 Å². The lowest BCUT2D eigenvalue weighted by Gasteiger charge is -2.20. The Bertz CT molecular complexity index is 950. The maximum atomic E-state index is 12.9. The largest absolute Gasteiger partial charge is 0.345 e. The van der Waals surface area contributed by atoms with Crippen LogP contribution in [-0.2, 0) is 10.0 Å². The molecule has 1 amide bonds. The summed E-state index contributed by atoms with van der Waals surface area (Å²) in [4.78, 5) is 12.9. The third kappa shape index (κ3) is 3.86. The maximum absolute atomic E-state index is 12.9. The van der Waals surface area contributed by atoms with Crippen LogP contribution in [0, 0.1) is 12.8 Å². The van der Waals surface area contributed by atoms with Gasteiger partial charge in [0.2, 0.25) is 10.0 Å². The summed E-state index contributed by atoms with van der Waals surface area (Å²) in [5, 5.41) is 3.16. The second-order valence-corrected chi connectivity index (χ2v) is 9.50. The van der Waals surface area contributed by atoms with Crippen molar-refractivity contribution in [1.29, 1.82) is 0 Å². The highest BCUT2D eigenvalue weighted by Crippen LogP contribution is 2.41. The molecule has 1 heterocycles. The summed E-state index contributed by atoms with van der Waals surface area (Å²) in [7, 11) is -3.25. The van der Waals surface area contributed by atoms with Gasteiger partial charge >= 0.3 is 0 Å². The fourth-order valence-corrected chi connectivity index (χ4v) is 5.19. The standard InChI is InChI=1S/C21H24N2O3S/c1-15-6-8-16(9-7-15)20(17-10-11-17)22-21(24)18-4-2-5-19(14-18)23-12-3-13-27(23,25)26/h2,4-9,14,17,20H,3,10-13H2,1H3,(H,22,24)/t20-/m0/s1. The van der Waals surface area contributed by atoms with Gasteiger partial charge in [0.05, 0.1) is 17.5 Å². The van der Waals surface area contributed by atoms with Gasteiger partial charge in [0.15, 0.2) is 0 Å². The van der Waals surface area contributed by atoms with Crippen LogP contribution in [0.1, 0.15) is 46.8 Å². The summed E-state index contributed by atoms with van der Waals surface area (Å²) >= 11 is 0. The minimum absolute atomic E-state index is 0.00252. The Morgan fingerprint density at radius 2 is 1.89 bits per heavy atom. The van der Waals surface area contributed by atoms with Gasteiger partial charge in [-0.15, -0.1) is 0 Å². The van der Waals surface area contributed by atoms with Crippen LogP contribution in [0.4, 0.5) is 5.69 Å². The van der Waals surface area contributed by atoms with Crippen molar-refractivity contribution in [2.75, 3.05) is 16.6 Å². The van der Waals surface area contributed by atoms with Gasteiger partial charge in [-0.05, 0) is 55.9 Å². The van der Waals surface area contributed by atoms with Crippen molar-refractivity contribution in [3.63, 3.8) is 0 Å². The third-order valence-corrected chi connectivity index (χ3v) is 7.18. The van der Waals surface area contributed by atoms with Crippen LogP contribution in [0.25, 0.3) is 0 Å². The molecule has 27 heavy (non-hydrogen) atoms. The predicted molar refractivity (Wildman–Crippen MR) is 106 cm³/mol. The Balaban J connectivity index is 1.55. The normalized spacial score (nSPS) is 19.7. The molecular formula is C21H24N2O3S. The first kappa shape index (κ1) is 18.0. The number of anilines is 1. The highest BCUT2D eigenvalue weighted by atomic mass is 32.2. The quantitative estimate of drug-likeness (QED) is 0.859. The number of benzene rings is 2.